The van der Waals surface area contributed by atoms with Crippen molar-refractivity contribution < 1.29 is 22.7 Å². The van der Waals surface area contributed by atoms with E-state index in [1.807, 2.05) is 6.92 Å². The van der Waals surface area contributed by atoms with Crippen LogP contribution in [0, 0.1) is 6.92 Å². The summed E-state index contributed by atoms with van der Waals surface area (Å²) < 4.78 is 36.1. The van der Waals surface area contributed by atoms with Crippen LogP contribution in [0.4, 0.5) is 0 Å². The molecule has 0 aliphatic carbocycles. The molecule has 0 spiro atoms. The Balaban J connectivity index is 2.06. The van der Waals surface area contributed by atoms with E-state index in [1.165, 1.54) is 25.1 Å². The Morgan fingerprint density at radius 2 is 1.71 bits per heavy atom. The van der Waals surface area contributed by atoms with Crippen molar-refractivity contribution in [1.82, 2.24) is 0 Å². The van der Waals surface area contributed by atoms with Gasteiger partial charge in [-0.25, -0.2) is 8.42 Å². The van der Waals surface area contributed by atoms with E-state index in [1.54, 1.807) is 30.3 Å². The minimum Gasteiger partial charge on any atom is -0.454 e. The first-order valence-electron chi connectivity index (χ1n) is 7.32. The first-order valence-corrected chi connectivity index (χ1v) is 8.80. The van der Waals surface area contributed by atoms with Crippen LogP contribution < -0.4 is 9.47 Å². The fourth-order valence-electron chi connectivity index (χ4n) is 2.37. The summed E-state index contributed by atoms with van der Waals surface area (Å²) in [6.07, 6.45) is 1.36. The van der Waals surface area contributed by atoms with Gasteiger partial charge >= 0.3 is 0 Å². The number of Topliss-reactive ketones (excluding diaryl/α,β-unsaturated/α-hetero) is 1. The third-order valence-electron chi connectivity index (χ3n) is 3.66. The lowest BCUT2D eigenvalue weighted by molar-refractivity contribution is -0.112. The number of carbonyl (C=O) groups excluding carboxylic acids is 1. The number of carbonyl (C=O) groups is 1. The van der Waals surface area contributed by atoms with Gasteiger partial charge in [0.05, 0.1) is 4.90 Å². The van der Waals surface area contributed by atoms with Crippen molar-refractivity contribution >= 4 is 21.7 Å². The van der Waals surface area contributed by atoms with Crippen molar-refractivity contribution in [3.8, 4) is 11.5 Å². The van der Waals surface area contributed by atoms with Gasteiger partial charge in [0.15, 0.2) is 17.3 Å². The molecule has 1 aliphatic heterocycles. The second-order valence-electron chi connectivity index (χ2n) is 5.49. The lowest BCUT2D eigenvalue weighted by atomic mass is 10.2. The van der Waals surface area contributed by atoms with Crippen LogP contribution in [0.1, 0.15) is 18.1 Å². The molecule has 0 amide bonds. The molecule has 0 atom stereocenters. The highest BCUT2D eigenvalue weighted by Gasteiger charge is 2.24. The number of ether oxygens (including phenoxy) is 2. The maximum absolute atomic E-state index is 12.8. The number of ketones is 1. The van der Waals surface area contributed by atoms with Gasteiger partial charge in [-0.1, -0.05) is 23.8 Å². The number of rotatable bonds is 4. The van der Waals surface area contributed by atoms with Crippen LogP contribution in [0.3, 0.4) is 0 Å². The number of benzene rings is 2. The Hall–Kier alpha value is -2.60. The van der Waals surface area contributed by atoms with Gasteiger partial charge in [-0.2, -0.15) is 0 Å². The number of aryl methyl sites for hydroxylation is 1. The minimum absolute atomic E-state index is 0.0929. The minimum atomic E-state index is -3.89. The molecular formula is C18H16O5S. The van der Waals surface area contributed by atoms with E-state index in [0.29, 0.717) is 17.1 Å². The van der Waals surface area contributed by atoms with Crippen LogP contribution in [0.15, 0.2) is 52.3 Å². The molecule has 24 heavy (non-hydrogen) atoms. The number of hydrogen-bond donors (Lipinski definition) is 0. The second-order valence-corrected chi connectivity index (χ2v) is 7.41. The third kappa shape index (κ3) is 3.05. The van der Waals surface area contributed by atoms with Gasteiger partial charge in [-0.15, -0.1) is 0 Å². The lowest BCUT2D eigenvalue weighted by Gasteiger charge is -2.07. The summed E-state index contributed by atoms with van der Waals surface area (Å²) in [5.41, 5.74) is 1.50. The van der Waals surface area contributed by atoms with Gasteiger partial charge in [-0.05, 0) is 49.8 Å². The largest absolute Gasteiger partial charge is 0.454 e. The standard InChI is InChI=1S/C18H16O5S/c1-12-3-6-15(7-4-12)24(20,21)18(13(2)19)10-14-5-8-16-17(9-14)23-11-22-16/h3-10H,11H2,1-2H3. The van der Waals surface area contributed by atoms with Crippen molar-refractivity contribution in [3.63, 3.8) is 0 Å². The van der Waals surface area contributed by atoms with Gasteiger partial charge in [0.2, 0.25) is 16.6 Å². The van der Waals surface area contributed by atoms with E-state index in [2.05, 4.69) is 0 Å². The Kier molecular flexibility index (Phi) is 4.15. The predicted molar refractivity (Wildman–Crippen MR) is 89.6 cm³/mol. The van der Waals surface area contributed by atoms with Crippen molar-refractivity contribution in [1.29, 1.82) is 0 Å². The smallest absolute Gasteiger partial charge is 0.231 e. The summed E-state index contributed by atoms with van der Waals surface area (Å²) >= 11 is 0. The average Bonchev–Trinajstić information content (AvgIpc) is 3.00. The van der Waals surface area contributed by atoms with E-state index < -0.39 is 15.6 Å². The Bertz CT molecular complexity index is 924. The molecule has 0 radical (unpaired) electrons. The first kappa shape index (κ1) is 16.3. The third-order valence-corrected chi connectivity index (χ3v) is 5.54. The van der Waals surface area contributed by atoms with Crippen LogP contribution in [0.5, 0.6) is 11.5 Å². The average molecular weight is 344 g/mol. The molecule has 124 valence electrons. The van der Waals surface area contributed by atoms with Gasteiger partial charge in [-0.3, -0.25) is 4.79 Å². The SMILES string of the molecule is CC(=O)C(=Cc1ccc2c(c1)OCO2)S(=O)(=O)c1ccc(C)cc1. The highest BCUT2D eigenvalue weighted by molar-refractivity contribution is 7.96. The number of fused-ring (bicyclic) bond motifs is 1. The van der Waals surface area contributed by atoms with E-state index >= 15 is 0 Å². The fraction of sp³-hybridized carbons (Fsp3) is 0.167. The monoisotopic (exact) mass is 344 g/mol. The predicted octanol–water partition coefficient (Wildman–Crippen LogP) is 3.13. The molecule has 0 unspecified atom stereocenters. The molecule has 2 aromatic rings. The Morgan fingerprint density at radius 1 is 1.04 bits per heavy atom. The zero-order chi connectivity index (χ0) is 17.3. The maximum atomic E-state index is 12.8. The van der Waals surface area contributed by atoms with Crippen LogP contribution in [-0.2, 0) is 14.6 Å². The molecule has 5 nitrogen and oxygen atoms in total. The molecule has 0 N–H and O–H groups in total. The highest BCUT2D eigenvalue weighted by atomic mass is 32.2. The molecule has 0 saturated carbocycles. The van der Waals surface area contributed by atoms with Gasteiger partial charge in [0.25, 0.3) is 0 Å². The lowest BCUT2D eigenvalue weighted by Crippen LogP contribution is -2.11. The van der Waals surface area contributed by atoms with Gasteiger partial charge in [0, 0.05) is 0 Å². The normalized spacial score (nSPS) is 13.8. The Morgan fingerprint density at radius 3 is 2.38 bits per heavy atom. The van der Waals surface area contributed by atoms with Crippen molar-refractivity contribution in [2.45, 2.75) is 18.7 Å². The molecule has 0 aromatic heterocycles. The summed E-state index contributed by atoms with van der Waals surface area (Å²) in [7, 11) is -3.89. The molecule has 1 aliphatic rings. The van der Waals surface area contributed by atoms with Crippen LogP contribution in [-0.4, -0.2) is 21.0 Å². The van der Waals surface area contributed by atoms with E-state index in [0.717, 1.165) is 5.56 Å². The highest BCUT2D eigenvalue weighted by Crippen LogP contribution is 2.33. The molecule has 0 fully saturated rings. The van der Waals surface area contributed by atoms with E-state index in [9.17, 15) is 13.2 Å². The number of sulfone groups is 1. The summed E-state index contributed by atoms with van der Waals surface area (Å²) in [6, 6.07) is 11.4. The summed E-state index contributed by atoms with van der Waals surface area (Å²) in [4.78, 5) is 11.8. The van der Waals surface area contributed by atoms with Crippen LogP contribution >= 0.6 is 0 Å². The van der Waals surface area contributed by atoms with E-state index in [4.69, 9.17) is 9.47 Å². The van der Waals surface area contributed by atoms with Crippen molar-refractivity contribution in [2.75, 3.05) is 6.79 Å². The van der Waals surface area contributed by atoms with Gasteiger partial charge in [0.1, 0.15) is 4.91 Å². The van der Waals surface area contributed by atoms with Crippen molar-refractivity contribution in [3.05, 3.63) is 58.5 Å². The zero-order valence-corrected chi connectivity index (χ0v) is 14.1. The van der Waals surface area contributed by atoms with Crippen LogP contribution in [0.25, 0.3) is 6.08 Å². The Labute approximate surface area is 140 Å². The first-order chi connectivity index (χ1) is 11.4. The fourth-order valence-corrected chi connectivity index (χ4v) is 3.79. The molecule has 0 saturated heterocycles. The molecule has 6 heteroatoms. The van der Waals surface area contributed by atoms with Gasteiger partial charge < -0.3 is 9.47 Å². The zero-order valence-electron chi connectivity index (χ0n) is 13.3. The number of allylic oxidation sites excluding steroid dienone is 1. The molecule has 3 rings (SSSR count). The summed E-state index contributed by atoms with van der Waals surface area (Å²) in [5.74, 6) is 0.602. The molecule has 2 aromatic carbocycles. The molecule has 1 heterocycles. The maximum Gasteiger partial charge on any atom is 0.231 e. The number of hydrogen-bond acceptors (Lipinski definition) is 5. The molecular weight excluding hydrogens is 328 g/mol. The van der Waals surface area contributed by atoms with Crippen molar-refractivity contribution in [2.24, 2.45) is 0 Å². The topological polar surface area (TPSA) is 69.7 Å². The summed E-state index contributed by atoms with van der Waals surface area (Å²) in [6.45, 7) is 3.24. The van der Waals surface area contributed by atoms with E-state index in [-0.39, 0.29) is 16.6 Å². The van der Waals surface area contributed by atoms with Crippen LogP contribution in [0.2, 0.25) is 0 Å². The molecule has 0 bridgehead atoms. The summed E-state index contributed by atoms with van der Waals surface area (Å²) in [5, 5.41) is 0. The quantitative estimate of drug-likeness (QED) is 0.797. The second kappa shape index (κ2) is 6.13.